The van der Waals surface area contributed by atoms with Gasteiger partial charge in [-0.3, -0.25) is 0 Å². The molecule has 2 rings (SSSR count). The predicted molar refractivity (Wildman–Crippen MR) is 51.0 cm³/mol. The van der Waals surface area contributed by atoms with Crippen molar-refractivity contribution in [3.63, 3.8) is 0 Å². The molecule has 1 aliphatic rings. The van der Waals surface area contributed by atoms with Gasteiger partial charge in [-0.05, 0) is 25.5 Å². The fourth-order valence-corrected chi connectivity index (χ4v) is 2.00. The van der Waals surface area contributed by atoms with E-state index in [9.17, 15) is 4.39 Å². The topological polar surface area (TPSA) is 12.0 Å². The van der Waals surface area contributed by atoms with Crippen molar-refractivity contribution < 1.29 is 4.39 Å². The second kappa shape index (κ2) is 3.11. The van der Waals surface area contributed by atoms with Crippen LogP contribution < -0.4 is 5.32 Å². The lowest BCUT2D eigenvalue weighted by molar-refractivity contribution is 0.194. The quantitative estimate of drug-likeness (QED) is 0.735. The summed E-state index contributed by atoms with van der Waals surface area (Å²) in [6.45, 7) is 3.10. The largest absolute Gasteiger partial charge is 0.307 e. The Morgan fingerprint density at radius 1 is 1.46 bits per heavy atom. The highest BCUT2D eigenvalue weighted by atomic mass is 19.1. The van der Waals surface area contributed by atoms with Gasteiger partial charge in [-0.25, -0.2) is 4.39 Å². The Balaban J connectivity index is 2.38. The number of hydrogen-bond acceptors (Lipinski definition) is 1. The van der Waals surface area contributed by atoms with Crippen LogP contribution >= 0.6 is 0 Å². The van der Waals surface area contributed by atoms with Gasteiger partial charge in [-0.15, -0.1) is 0 Å². The van der Waals surface area contributed by atoms with Crippen LogP contribution in [-0.2, 0) is 5.54 Å². The van der Waals surface area contributed by atoms with Gasteiger partial charge in [-0.2, -0.15) is 0 Å². The number of nitrogens with one attached hydrogen (secondary N) is 1. The maximum absolute atomic E-state index is 13.5. The summed E-state index contributed by atoms with van der Waals surface area (Å²) in [5.41, 5.74) is 0.745. The van der Waals surface area contributed by atoms with E-state index in [1.807, 2.05) is 12.1 Å². The molecule has 0 radical (unpaired) electrons. The Hall–Kier alpha value is -0.890. The standard InChI is InChI=1S/C11H14FN/c1-2-11(7-8-13-11)9-5-3-4-6-10(9)12/h3-6,13H,2,7-8H2,1H3. The van der Waals surface area contributed by atoms with Crippen molar-refractivity contribution >= 4 is 0 Å². The first-order valence-electron chi connectivity index (χ1n) is 4.78. The van der Waals surface area contributed by atoms with E-state index in [2.05, 4.69) is 12.2 Å². The molecule has 1 aliphatic heterocycles. The smallest absolute Gasteiger partial charge is 0.128 e. The highest BCUT2D eigenvalue weighted by Crippen LogP contribution is 2.35. The molecular formula is C11H14FN. The monoisotopic (exact) mass is 179 g/mol. The molecule has 1 saturated heterocycles. The molecule has 13 heavy (non-hydrogen) atoms. The van der Waals surface area contributed by atoms with Gasteiger partial charge >= 0.3 is 0 Å². The van der Waals surface area contributed by atoms with Gasteiger partial charge < -0.3 is 5.32 Å². The highest BCUT2D eigenvalue weighted by Gasteiger charge is 2.37. The zero-order valence-corrected chi connectivity index (χ0v) is 7.81. The molecule has 1 unspecified atom stereocenters. The van der Waals surface area contributed by atoms with Crippen LogP contribution in [0.1, 0.15) is 25.3 Å². The molecule has 1 aromatic rings. The summed E-state index contributed by atoms with van der Waals surface area (Å²) >= 11 is 0. The Morgan fingerprint density at radius 2 is 2.15 bits per heavy atom. The minimum Gasteiger partial charge on any atom is -0.307 e. The van der Waals surface area contributed by atoms with Gasteiger partial charge in [0.05, 0.1) is 0 Å². The van der Waals surface area contributed by atoms with E-state index < -0.39 is 0 Å². The zero-order valence-electron chi connectivity index (χ0n) is 7.81. The van der Waals surface area contributed by atoms with E-state index in [1.54, 1.807) is 6.07 Å². The molecule has 1 N–H and O–H groups in total. The summed E-state index contributed by atoms with van der Waals surface area (Å²) in [4.78, 5) is 0. The molecule has 0 aliphatic carbocycles. The molecule has 1 aromatic carbocycles. The molecule has 0 saturated carbocycles. The SMILES string of the molecule is CCC1(c2ccccc2F)CCN1. The van der Waals surface area contributed by atoms with Crippen molar-refractivity contribution in [3.8, 4) is 0 Å². The number of rotatable bonds is 2. The maximum Gasteiger partial charge on any atom is 0.128 e. The Morgan fingerprint density at radius 3 is 2.62 bits per heavy atom. The second-order valence-corrected chi connectivity index (χ2v) is 3.59. The van der Waals surface area contributed by atoms with E-state index in [0.717, 1.165) is 24.9 Å². The fourth-order valence-electron chi connectivity index (χ4n) is 2.00. The van der Waals surface area contributed by atoms with Gasteiger partial charge in [0.15, 0.2) is 0 Å². The second-order valence-electron chi connectivity index (χ2n) is 3.59. The van der Waals surface area contributed by atoms with E-state index in [0.29, 0.717) is 0 Å². The van der Waals surface area contributed by atoms with Crippen LogP contribution in [0.25, 0.3) is 0 Å². The Bertz CT molecular complexity index is 299. The van der Waals surface area contributed by atoms with Crippen molar-refractivity contribution in [2.24, 2.45) is 0 Å². The lowest BCUT2D eigenvalue weighted by Gasteiger charge is -2.43. The van der Waals surface area contributed by atoms with Gasteiger partial charge in [0, 0.05) is 11.1 Å². The van der Waals surface area contributed by atoms with E-state index >= 15 is 0 Å². The van der Waals surface area contributed by atoms with Crippen LogP contribution in [0.2, 0.25) is 0 Å². The van der Waals surface area contributed by atoms with E-state index in [-0.39, 0.29) is 11.4 Å². The number of benzene rings is 1. The van der Waals surface area contributed by atoms with Crippen LogP contribution in [0, 0.1) is 5.82 Å². The molecule has 0 aromatic heterocycles. The fraction of sp³-hybridized carbons (Fsp3) is 0.455. The van der Waals surface area contributed by atoms with Crippen molar-refractivity contribution in [1.82, 2.24) is 5.32 Å². The minimum absolute atomic E-state index is 0.0780. The average Bonchev–Trinajstić information content (AvgIpc) is 2.07. The normalized spacial score (nSPS) is 26.9. The van der Waals surface area contributed by atoms with E-state index in [4.69, 9.17) is 0 Å². The average molecular weight is 179 g/mol. The zero-order chi connectivity index (χ0) is 9.31. The summed E-state index contributed by atoms with van der Waals surface area (Å²) in [5, 5.41) is 3.33. The van der Waals surface area contributed by atoms with E-state index in [1.165, 1.54) is 6.07 Å². The van der Waals surface area contributed by atoms with Crippen LogP contribution in [0.4, 0.5) is 4.39 Å². The molecule has 1 fully saturated rings. The van der Waals surface area contributed by atoms with Crippen LogP contribution in [-0.4, -0.2) is 6.54 Å². The third-order valence-electron chi connectivity index (χ3n) is 3.01. The van der Waals surface area contributed by atoms with Crippen LogP contribution in [0.15, 0.2) is 24.3 Å². The number of halogens is 1. The van der Waals surface area contributed by atoms with Gasteiger partial charge in [0.25, 0.3) is 0 Å². The molecule has 70 valence electrons. The summed E-state index contributed by atoms with van der Waals surface area (Å²) in [5.74, 6) is -0.0865. The highest BCUT2D eigenvalue weighted by molar-refractivity contribution is 5.28. The summed E-state index contributed by atoms with van der Waals surface area (Å²) in [6, 6.07) is 7.05. The molecule has 0 amide bonds. The molecule has 1 heterocycles. The van der Waals surface area contributed by atoms with Crippen molar-refractivity contribution in [2.45, 2.75) is 25.3 Å². The third-order valence-corrected chi connectivity index (χ3v) is 3.01. The van der Waals surface area contributed by atoms with Crippen molar-refractivity contribution in [3.05, 3.63) is 35.6 Å². The maximum atomic E-state index is 13.5. The first-order valence-corrected chi connectivity index (χ1v) is 4.78. The predicted octanol–water partition coefficient (Wildman–Crippen LogP) is 2.42. The number of hydrogen-bond donors (Lipinski definition) is 1. The molecule has 1 nitrogen and oxygen atoms in total. The molecule has 2 heteroatoms. The molecular weight excluding hydrogens is 165 g/mol. The lowest BCUT2D eigenvalue weighted by Crippen LogP contribution is -2.54. The first-order chi connectivity index (χ1) is 6.28. The molecule has 1 atom stereocenters. The Labute approximate surface area is 78.0 Å². The van der Waals surface area contributed by atoms with Crippen LogP contribution in [0.5, 0.6) is 0 Å². The van der Waals surface area contributed by atoms with Gasteiger partial charge in [-0.1, -0.05) is 25.1 Å². The molecule has 0 spiro atoms. The third kappa shape index (κ3) is 1.25. The summed E-state index contributed by atoms with van der Waals surface area (Å²) < 4.78 is 13.5. The summed E-state index contributed by atoms with van der Waals surface area (Å²) in [6.07, 6.45) is 2.00. The van der Waals surface area contributed by atoms with Crippen molar-refractivity contribution in [1.29, 1.82) is 0 Å². The summed E-state index contributed by atoms with van der Waals surface area (Å²) in [7, 11) is 0. The minimum atomic E-state index is -0.0865. The lowest BCUT2D eigenvalue weighted by atomic mass is 9.78. The van der Waals surface area contributed by atoms with Gasteiger partial charge in [0.1, 0.15) is 5.82 Å². The first kappa shape index (κ1) is 8.70. The van der Waals surface area contributed by atoms with Gasteiger partial charge in [0.2, 0.25) is 0 Å². The van der Waals surface area contributed by atoms with Crippen LogP contribution in [0.3, 0.4) is 0 Å². The molecule has 0 bridgehead atoms. The van der Waals surface area contributed by atoms with Crippen molar-refractivity contribution in [2.75, 3.05) is 6.54 Å². The Kier molecular flexibility index (Phi) is 2.08.